The highest BCUT2D eigenvalue weighted by Crippen LogP contribution is 2.56. The van der Waals surface area contributed by atoms with Gasteiger partial charge in [-0.15, -0.1) is 0 Å². The summed E-state index contributed by atoms with van der Waals surface area (Å²) in [5.41, 5.74) is 0. The fraction of sp³-hybridized carbons (Fsp3) is 0.200. The maximum Gasteiger partial charge on any atom is 0.346 e. The summed E-state index contributed by atoms with van der Waals surface area (Å²) in [7, 11) is 2.59. The molecule has 0 bridgehead atoms. The molecule has 0 aromatic rings. The van der Waals surface area contributed by atoms with E-state index in [1.54, 1.807) is 23.5 Å². The zero-order valence-electron chi connectivity index (χ0n) is 9.42. The number of rotatable bonds is 2. The molecular formula is C10H8O4S4. The summed E-state index contributed by atoms with van der Waals surface area (Å²) in [5, 5.41) is 3.92. The van der Waals surface area contributed by atoms with Crippen LogP contribution in [0.2, 0.25) is 0 Å². The molecule has 8 heteroatoms. The minimum absolute atomic E-state index is 0.296. The molecule has 0 amide bonds. The molecular weight excluding hydrogens is 312 g/mol. The highest BCUT2D eigenvalue weighted by molar-refractivity contribution is 8.34. The molecule has 18 heavy (non-hydrogen) atoms. The predicted molar refractivity (Wildman–Crippen MR) is 77.6 cm³/mol. The van der Waals surface area contributed by atoms with E-state index >= 15 is 0 Å². The molecule has 0 radical (unpaired) electrons. The molecule has 0 saturated heterocycles. The van der Waals surface area contributed by atoms with Gasteiger partial charge in [0.1, 0.15) is 9.81 Å². The van der Waals surface area contributed by atoms with E-state index in [0.29, 0.717) is 9.81 Å². The Kier molecular flexibility index (Phi) is 4.77. The number of esters is 2. The molecule has 96 valence electrons. The van der Waals surface area contributed by atoms with Crippen molar-refractivity contribution in [2.75, 3.05) is 14.2 Å². The Bertz CT molecular complexity index is 452. The molecule has 0 aromatic heterocycles. The summed E-state index contributed by atoms with van der Waals surface area (Å²) in [6.45, 7) is 0. The van der Waals surface area contributed by atoms with Crippen molar-refractivity contribution in [3.63, 3.8) is 0 Å². The van der Waals surface area contributed by atoms with Crippen molar-refractivity contribution in [1.82, 2.24) is 0 Å². The number of hydrogen-bond donors (Lipinski definition) is 0. The molecule has 0 fully saturated rings. The molecule has 0 spiro atoms. The van der Waals surface area contributed by atoms with E-state index in [1.807, 2.05) is 10.8 Å². The Labute approximate surface area is 121 Å². The van der Waals surface area contributed by atoms with Crippen LogP contribution in [0.25, 0.3) is 0 Å². The Hall–Kier alpha value is -0.440. The highest BCUT2D eigenvalue weighted by atomic mass is 32.2. The van der Waals surface area contributed by atoms with Gasteiger partial charge in [0.05, 0.1) is 22.7 Å². The third kappa shape index (κ3) is 2.76. The van der Waals surface area contributed by atoms with E-state index in [2.05, 4.69) is 9.47 Å². The SMILES string of the molecule is COC(=O)C1=C(C(=O)OC)SC(=C2SC=CS2)S1. The standard InChI is InChI=1S/C10H8O4S4/c1-13-7(11)5-6(8(12)14-2)18-10(17-5)9-15-3-4-16-9/h3-4H,1-2H3. The minimum atomic E-state index is -0.510. The largest absolute Gasteiger partial charge is 0.465 e. The summed E-state index contributed by atoms with van der Waals surface area (Å²) in [6, 6.07) is 0. The molecule has 2 heterocycles. The zero-order valence-corrected chi connectivity index (χ0v) is 12.7. The third-order valence-corrected chi connectivity index (χ3v) is 7.11. The summed E-state index contributed by atoms with van der Waals surface area (Å²) < 4.78 is 11.3. The Morgan fingerprint density at radius 1 is 0.889 bits per heavy atom. The molecule has 0 N–H and O–H groups in total. The lowest BCUT2D eigenvalue weighted by atomic mass is 10.5. The van der Waals surface area contributed by atoms with Gasteiger partial charge in [0, 0.05) is 0 Å². The van der Waals surface area contributed by atoms with Gasteiger partial charge in [-0.2, -0.15) is 0 Å². The fourth-order valence-electron chi connectivity index (χ4n) is 1.14. The molecule has 0 aromatic carbocycles. The van der Waals surface area contributed by atoms with E-state index in [4.69, 9.17) is 0 Å². The average Bonchev–Trinajstić information content (AvgIpc) is 3.04. The Morgan fingerprint density at radius 3 is 1.72 bits per heavy atom. The van der Waals surface area contributed by atoms with Gasteiger partial charge in [-0.1, -0.05) is 47.0 Å². The summed E-state index contributed by atoms with van der Waals surface area (Å²) in [5.74, 6) is -1.02. The van der Waals surface area contributed by atoms with Gasteiger partial charge in [0.15, 0.2) is 0 Å². The molecule has 2 rings (SSSR count). The first kappa shape index (κ1) is 14.0. The molecule has 0 unspecified atom stereocenters. The third-order valence-electron chi connectivity index (χ3n) is 1.91. The van der Waals surface area contributed by atoms with Crippen LogP contribution in [0, 0.1) is 0 Å². The molecule has 0 atom stereocenters. The van der Waals surface area contributed by atoms with E-state index in [0.717, 1.165) is 8.47 Å². The van der Waals surface area contributed by atoms with Crippen LogP contribution in [-0.4, -0.2) is 26.2 Å². The van der Waals surface area contributed by atoms with Crippen molar-refractivity contribution < 1.29 is 19.1 Å². The van der Waals surface area contributed by atoms with Crippen molar-refractivity contribution in [3.05, 3.63) is 29.1 Å². The van der Waals surface area contributed by atoms with Gasteiger partial charge < -0.3 is 9.47 Å². The lowest BCUT2D eigenvalue weighted by Crippen LogP contribution is -2.08. The van der Waals surface area contributed by atoms with Gasteiger partial charge in [0.25, 0.3) is 0 Å². The molecule has 0 saturated carbocycles. The Morgan fingerprint density at radius 2 is 1.33 bits per heavy atom. The van der Waals surface area contributed by atoms with Crippen LogP contribution >= 0.6 is 47.0 Å². The van der Waals surface area contributed by atoms with E-state index in [1.165, 1.54) is 37.7 Å². The van der Waals surface area contributed by atoms with E-state index in [9.17, 15) is 9.59 Å². The number of carbonyl (C=O) groups is 2. The zero-order chi connectivity index (χ0) is 13.1. The molecule has 4 nitrogen and oxygen atoms in total. The quantitative estimate of drug-likeness (QED) is 0.719. The second-order valence-corrected chi connectivity index (χ2v) is 7.32. The van der Waals surface area contributed by atoms with Crippen LogP contribution in [0.4, 0.5) is 0 Å². The van der Waals surface area contributed by atoms with Crippen LogP contribution in [0.3, 0.4) is 0 Å². The fourth-order valence-corrected chi connectivity index (χ4v) is 5.80. The topological polar surface area (TPSA) is 52.6 Å². The first-order valence-corrected chi connectivity index (χ1v) is 8.05. The number of hydrogen-bond acceptors (Lipinski definition) is 8. The van der Waals surface area contributed by atoms with Crippen LogP contribution < -0.4 is 0 Å². The lowest BCUT2D eigenvalue weighted by molar-refractivity contribution is -0.138. The van der Waals surface area contributed by atoms with Crippen molar-refractivity contribution in [2.24, 2.45) is 0 Å². The smallest absolute Gasteiger partial charge is 0.346 e. The van der Waals surface area contributed by atoms with Crippen LogP contribution in [-0.2, 0) is 19.1 Å². The van der Waals surface area contributed by atoms with Crippen LogP contribution in [0.5, 0.6) is 0 Å². The molecule has 2 aliphatic rings. The lowest BCUT2D eigenvalue weighted by Gasteiger charge is -2.00. The van der Waals surface area contributed by atoms with Crippen molar-refractivity contribution in [3.8, 4) is 0 Å². The van der Waals surface area contributed by atoms with Crippen molar-refractivity contribution in [2.45, 2.75) is 0 Å². The summed E-state index contributed by atoms with van der Waals surface area (Å²) in [4.78, 5) is 23.9. The van der Waals surface area contributed by atoms with Crippen LogP contribution in [0.15, 0.2) is 29.1 Å². The van der Waals surface area contributed by atoms with Crippen molar-refractivity contribution in [1.29, 1.82) is 0 Å². The van der Waals surface area contributed by atoms with Gasteiger partial charge in [-0.05, 0) is 10.8 Å². The number of carbonyl (C=O) groups excluding carboxylic acids is 2. The van der Waals surface area contributed by atoms with E-state index < -0.39 is 11.9 Å². The number of methoxy groups -OCH3 is 2. The van der Waals surface area contributed by atoms with Gasteiger partial charge in [-0.25, -0.2) is 9.59 Å². The summed E-state index contributed by atoms with van der Waals surface area (Å²) >= 11 is 5.66. The first-order valence-electron chi connectivity index (χ1n) is 4.66. The highest BCUT2D eigenvalue weighted by Gasteiger charge is 2.34. The number of ether oxygens (including phenoxy) is 2. The monoisotopic (exact) mass is 320 g/mol. The normalized spacial score (nSPS) is 18.6. The molecule has 2 aliphatic heterocycles. The predicted octanol–water partition coefficient (Wildman–Crippen LogP) is 3.10. The van der Waals surface area contributed by atoms with Crippen molar-refractivity contribution >= 4 is 59.0 Å². The first-order chi connectivity index (χ1) is 8.67. The summed E-state index contributed by atoms with van der Waals surface area (Å²) in [6.07, 6.45) is 0. The van der Waals surface area contributed by atoms with E-state index in [-0.39, 0.29) is 0 Å². The van der Waals surface area contributed by atoms with Gasteiger partial charge >= 0.3 is 11.9 Å². The minimum Gasteiger partial charge on any atom is -0.465 e. The van der Waals surface area contributed by atoms with Gasteiger partial charge in [-0.3, -0.25) is 0 Å². The second-order valence-electron chi connectivity index (χ2n) is 2.93. The molecule has 0 aliphatic carbocycles. The van der Waals surface area contributed by atoms with Gasteiger partial charge in [0.2, 0.25) is 0 Å². The number of thioether (sulfide) groups is 4. The Balaban J connectivity index is 2.28. The maximum atomic E-state index is 11.6. The average molecular weight is 320 g/mol. The maximum absolute atomic E-state index is 11.6. The second kappa shape index (κ2) is 6.14. The van der Waals surface area contributed by atoms with Crippen LogP contribution in [0.1, 0.15) is 0 Å².